The van der Waals surface area contributed by atoms with Crippen LogP contribution in [0.1, 0.15) is 34.5 Å². The van der Waals surface area contributed by atoms with Gasteiger partial charge in [-0.15, -0.1) is 0 Å². The molecule has 0 aromatic heterocycles. The number of benzene rings is 3. The number of halogens is 2. The van der Waals surface area contributed by atoms with E-state index in [1.165, 1.54) is 35.7 Å². The second-order valence-corrected chi connectivity index (χ2v) is 9.55. The third kappa shape index (κ3) is 4.28. The second kappa shape index (κ2) is 8.82. The van der Waals surface area contributed by atoms with Crippen LogP contribution in [0.25, 0.3) is 0 Å². The fourth-order valence-electron chi connectivity index (χ4n) is 3.85. The molecule has 1 amide bonds. The number of amides is 1. The van der Waals surface area contributed by atoms with Gasteiger partial charge in [0.2, 0.25) is 0 Å². The third-order valence-corrected chi connectivity index (χ3v) is 7.45. The molecule has 0 saturated heterocycles. The van der Waals surface area contributed by atoms with E-state index in [9.17, 15) is 22.0 Å². The van der Waals surface area contributed by atoms with E-state index in [1.54, 1.807) is 19.1 Å². The largest absolute Gasteiger partial charge is 0.496 e. The van der Waals surface area contributed by atoms with Gasteiger partial charge in [0.1, 0.15) is 5.75 Å². The van der Waals surface area contributed by atoms with Crippen molar-refractivity contribution in [1.82, 2.24) is 5.32 Å². The SMILES string of the molecule is COc1ccc(S(=O)(=O)N2CCc3ccccc32)cc1C(=O)N[C@H](C)c1ccc(F)c(F)c1. The summed E-state index contributed by atoms with van der Waals surface area (Å²) in [7, 11) is -2.55. The second-order valence-electron chi connectivity index (χ2n) is 7.69. The highest BCUT2D eigenvalue weighted by molar-refractivity contribution is 7.92. The molecule has 6 nitrogen and oxygen atoms in total. The van der Waals surface area contributed by atoms with Gasteiger partial charge in [0.15, 0.2) is 11.6 Å². The van der Waals surface area contributed by atoms with Gasteiger partial charge in [-0.2, -0.15) is 0 Å². The Morgan fingerprint density at radius 1 is 1.06 bits per heavy atom. The fourth-order valence-corrected chi connectivity index (χ4v) is 5.38. The Morgan fingerprint density at radius 3 is 2.55 bits per heavy atom. The van der Waals surface area contributed by atoms with E-state index in [0.717, 1.165) is 17.7 Å². The van der Waals surface area contributed by atoms with Crippen molar-refractivity contribution in [1.29, 1.82) is 0 Å². The first-order chi connectivity index (χ1) is 15.7. The van der Waals surface area contributed by atoms with Crippen LogP contribution in [0, 0.1) is 11.6 Å². The molecule has 1 aliphatic rings. The number of nitrogens with zero attached hydrogens (tertiary/aromatic N) is 1. The maximum Gasteiger partial charge on any atom is 0.264 e. The molecule has 1 heterocycles. The number of ether oxygens (including phenoxy) is 1. The van der Waals surface area contributed by atoms with Crippen LogP contribution < -0.4 is 14.4 Å². The fraction of sp³-hybridized carbons (Fsp3) is 0.208. The summed E-state index contributed by atoms with van der Waals surface area (Å²) in [5.41, 5.74) is 1.93. The van der Waals surface area contributed by atoms with Gasteiger partial charge in [0.05, 0.1) is 29.3 Å². The van der Waals surface area contributed by atoms with Crippen LogP contribution in [0.15, 0.2) is 65.6 Å². The molecule has 1 atom stereocenters. The zero-order valence-electron chi connectivity index (χ0n) is 18.0. The average Bonchev–Trinajstić information content (AvgIpc) is 3.25. The normalized spacial score (nSPS) is 14.0. The molecule has 0 spiro atoms. The quantitative estimate of drug-likeness (QED) is 0.583. The lowest BCUT2D eigenvalue weighted by atomic mass is 10.1. The van der Waals surface area contributed by atoms with Crippen molar-refractivity contribution in [3.8, 4) is 5.75 Å². The maximum absolute atomic E-state index is 13.6. The first kappa shape index (κ1) is 22.7. The number of hydrogen-bond donors (Lipinski definition) is 1. The Kier molecular flexibility index (Phi) is 6.07. The number of rotatable bonds is 6. The Morgan fingerprint density at radius 2 is 1.82 bits per heavy atom. The van der Waals surface area contributed by atoms with Gasteiger partial charge in [-0.25, -0.2) is 17.2 Å². The van der Waals surface area contributed by atoms with Crippen LogP contribution in [0.2, 0.25) is 0 Å². The predicted molar refractivity (Wildman–Crippen MR) is 120 cm³/mol. The van der Waals surface area contributed by atoms with Gasteiger partial charge in [-0.05, 0) is 60.9 Å². The van der Waals surface area contributed by atoms with Crippen LogP contribution in [-0.4, -0.2) is 28.0 Å². The minimum atomic E-state index is -3.92. The number of hydrogen-bond acceptors (Lipinski definition) is 4. The van der Waals surface area contributed by atoms with E-state index in [0.29, 0.717) is 24.2 Å². The zero-order valence-corrected chi connectivity index (χ0v) is 18.8. The summed E-state index contributed by atoms with van der Waals surface area (Å²) < 4.78 is 60.1. The molecule has 0 aliphatic carbocycles. The molecule has 172 valence electrons. The van der Waals surface area contributed by atoms with Crippen LogP contribution in [-0.2, 0) is 16.4 Å². The van der Waals surface area contributed by atoms with Crippen molar-refractivity contribution in [3.63, 3.8) is 0 Å². The lowest BCUT2D eigenvalue weighted by Gasteiger charge is -2.21. The molecule has 9 heteroatoms. The number of carbonyl (C=O) groups excluding carboxylic acids is 1. The third-order valence-electron chi connectivity index (χ3n) is 5.64. The molecule has 0 saturated carbocycles. The van der Waals surface area contributed by atoms with E-state index < -0.39 is 33.6 Å². The lowest BCUT2D eigenvalue weighted by Crippen LogP contribution is -2.30. The molecular formula is C24H22F2N2O4S. The van der Waals surface area contributed by atoms with Gasteiger partial charge >= 0.3 is 0 Å². The molecule has 0 unspecified atom stereocenters. The summed E-state index contributed by atoms with van der Waals surface area (Å²) >= 11 is 0. The Bertz CT molecular complexity index is 1330. The van der Waals surface area contributed by atoms with Gasteiger partial charge < -0.3 is 10.1 Å². The molecule has 1 N–H and O–H groups in total. The summed E-state index contributed by atoms with van der Waals surface area (Å²) in [6, 6.07) is 14.0. The van der Waals surface area contributed by atoms with Crippen molar-refractivity contribution in [2.75, 3.05) is 18.0 Å². The van der Waals surface area contributed by atoms with Crippen molar-refractivity contribution >= 4 is 21.6 Å². The van der Waals surface area contributed by atoms with E-state index in [-0.39, 0.29) is 16.2 Å². The maximum atomic E-state index is 13.6. The number of anilines is 1. The van der Waals surface area contributed by atoms with E-state index in [4.69, 9.17) is 4.74 Å². The smallest absolute Gasteiger partial charge is 0.264 e. The molecule has 0 radical (unpaired) electrons. The zero-order chi connectivity index (χ0) is 23.8. The van der Waals surface area contributed by atoms with Crippen molar-refractivity contribution in [2.45, 2.75) is 24.3 Å². The molecule has 1 aliphatic heterocycles. The number of carbonyl (C=O) groups is 1. The van der Waals surface area contributed by atoms with Crippen LogP contribution >= 0.6 is 0 Å². The first-order valence-corrected chi connectivity index (χ1v) is 11.7. The minimum absolute atomic E-state index is 0.0143. The number of sulfonamides is 1. The standard InChI is InChI=1S/C24H22F2N2O4S/c1-15(17-7-9-20(25)21(26)13-17)27-24(29)19-14-18(8-10-23(19)32-2)33(30,31)28-12-11-16-5-3-4-6-22(16)28/h3-10,13-15H,11-12H2,1-2H3,(H,27,29)/t15-/m1/s1. The van der Waals surface area contributed by atoms with E-state index in [1.807, 2.05) is 12.1 Å². The topological polar surface area (TPSA) is 75.7 Å². The molecule has 4 rings (SSSR count). The van der Waals surface area contributed by atoms with Gasteiger partial charge in [0.25, 0.3) is 15.9 Å². The van der Waals surface area contributed by atoms with Gasteiger partial charge in [0, 0.05) is 6.54 Å². The van der Waals surface area contributed by atoms with Crippen LogP contribution in [0.4, 0.5) is 14.5 Å². The Balaban J connectivity index is 1.64. The minimum Gasteiger partial charge on any atom is -0.496 e. The highest BCUT2D eigenvalue weighted by Gasteiger charge is 2.31. The average molecular weight is 473 g/mol. The molecule has 0 bridgehead atoms. The summed E-state index contributed by atoms with van der Waals surface area (Å²) in [6.45, 7) is 1.92. The molecule has 3 aromatic carbocycles. The number of fused-ring (bicyclic) bond motifs is 1. The number of methoxy groups -OCH3 is 1. The van der Waals surface area contributed by atoms with Gasteiger partial charge in [-0.1, -0.05) is 24.3 Å². The molecule has 33 heavy (non-hydrogen) atoms. The van der Waals surface area contributed by atoms with E-state index >= 15 is 0 Å². The summed E-state index contributed by atoms with van der Waals surface area (Å²) in [5, 5.41) is 2.68. The highest BCUT2D eigenvalue weighted by atomic mass is 32.2. The van der Waals surface area contributed by atoms with Crippen LogP contribution in [0.5, 0.6) is 5.75 Å². The Hall–Kier alpha value is -3.46. The predicted octanol–water partition coefficient (Wildman–Crippen LogP) is 4.22. The Labute approximate surface area is 190 Å². The molecule has 3 aromatic rings. The number of nitrogens with one attached hydrogen (secondary N) is 1. The monoisotopic (exact) mass is 472 g/mol. The summed E-state index contributed by atoms with van der Waals surface area (Å²) in [6.07, 6.45) is 0.602. The van der Waals surface area contributed by atoms with Crippen molar-refractivity contribution < 1.29 is 26.7 Å². The number of para-hydroxylation sites is 1. The molecular weight excluding hydrogens is 450 g/mol. The lowest BCUT2D eigenvalue weighted by molar-refractivity contribution is 0.0936. The molecule has 0 fully saturated rings. The highest BCUT2D eigenvalue weighted by Crippen LogP contribution is 2.34. The summed E-state index contributed by atoms with van der Waals surface area (Å²) in [4.78, 5) is 12.9. The summed E-state index contributed by atoms with van der Waals surface area (Å²) in [5.74, 6) is -2.43. The van der Waals surface area contributed by atoms with Crippen molar-refractivity contribution in [3.05, 3.63) is 89.0 Å². The van der Waals surface area contributed by atoms with Gasteiger partial charge in [-0.3, -0.25) is 9.10 Å². The van der Waals surface area contributed by atoms with E-state index in [2.05, 4.69) is 5.32 Å². The first-order valence-electron chi connectivity index (χ1n) is 10.3. The van der Waals surface area contributed by atoms with Crippen LogP contribution in [0.3, 0.4) is 0 Å². The van der Waals surface area contributed by atoms with Crippen molar-refractivity contribution in [2.24, 2.45) is 0 Å².